The first-order valence-corrected chi connectivity index (χ1v) is 10.4. The summed E-state index contributed by atoms with van der Waals surface area (Å²) < 4.78 is 43.8. The second-order valence-electron chi connectivity index (χ2n) is 7.88. The molecule has 3 aromatic rings. The van der Waals surface area contributed by atoms with Crippen molar-refractivity contribution in [1.82, 2.24) is 4.98 Å². The molecule has 5 N–H and O–H groups in total. The molecule has 1 aromatic carbocycles. The molecule has 0 bridgehead atoms. The van der Waals surface area contributed by atoms with E-state index < -0.39 is 35.0 Å². The van der Waals surface area contributed by atoms with Crippen molar-refractivity contribution in [2.45, 2.75) is 32.3 Å². The maximum Gasteiger partial charge on any atom is 0.251 e. The fourth-order valence-electron chi connectivity index (χ4n) is 3.05. The predicted molar refractivity (Wildman–Crippen MR) is 116 cm³/mol. The van der Waals surface area contributed by atoms with Crippen molar-refractivity contribution in [3.05, 3.63) is 64.6 Å². The number of hydrogen-bond donors (Lipinski definition) is 4. The number of amides is 1. The molecule has 0 fully saturated rings. The van der Waals surface area contributed by atoms with Gasteiger partial charge in [-0.2, -0.15) is 4.39 Å². The van der Waals surface area contributed by atoms with E-state index in [0.717, 1.165) is 23.5 Å². The first kappa shape index (κ1) is 23.7. The number of primary amides is 1. The Labute approximate surface area is 186 Å². The molecule has 0 saturated heterocycles. The van der Waals surface area contributed by atoms with Gasteiger partial charge in [-0.25, -0.2) is 13.8 Å². The largest absolute Gasteiger partial charge is 0.396 e. The summed E-state index contributed by atoms with van der Waals surface area (Å²) in [4.78, 5) is 15.8. The summed E-state index contributed by atoms with van der Waals surface area (Å²) in [5.41, 5.74) is 3.80. The van der Waals surface area contributed by atoms with Crippen LogP contribution in [0.3, 0.4) is 0 Å². The number of nitrogens with two attached hydrogens (primary N) is 1. The van der Waals surface area contributed by atoms with Gasteiger partial charge in [-0.05, 0) is 43.7 Å². The lowest BCUT2D eigenvalue weighted by Crippen LogP contribution is -2.16. The van der Waals surface area contributed by atoms with Crippen LogP contribution in [-0.2, 0) is 5.60 Å². The normalized spacial score (nSPS) is 12.6. The minimum atomic E-state index is -1.45. The van der Waals surface area contributed by atoms with Crippen LogP contribution in [0.2, 0.25) is 0 Å². The topological polar surface area (TPSA) is 108 Å². The van der Waals surface area contributed by atoms with Crippen LogP contribution in [0.1, 0.15) is 48.2 Å². The van der Waals surface area contributed by atoms with E-state index >= 15 is 0 Å². The van der Waals surface area contributed by atoms with Crippen molar-refractivity contribution in [3.8, 4) is 10.4 Å². The Kier molecular flexibility index (Phi) is 6.59. The summed E-state index contributed by atoms with van der Waals surface area (Å²) in [6.07, 6.45) is 0. The van der Waals surface area contributed by atoms with Crippen molar-refractivity contribution in [2.75, 3.05) is 11.9 Å². The zero-order valence-corrected chi connectivity index (χ0v) is 18.4. The molecule has 0 aliphatic rings. The van der Waals surface area contributed by atoms with E-state index in [0.29, 0.717) is 0 Å². The molecule has 1 atom stereocenters. The molecule has 2 heterocycles. The number of carbonyl (C=O) groups is 1. The van der Waals surface area contributed by atoms with Gasteiger partial charge in [0.25, 0.3) is 5.91 Å². The van der Waals surface area contributed by atoms with E-state index in [4.69, 9.17) is 5.73 Å². The predicted octanol–water partition coefficient (Wildman–Crippen LogP) is 4.39. The molecule has 1 unspecified atom stereocenters. The summed E-state index contributed by atoms with van der Waals surface area (Å²) in [6, 6.07) is 6.17. The van der Waals surface area contributed by atoms with Crippen molar-refractivity contribution in [2.24, 2.45) is 5.73 Å². The van der Waals surface area contributed by atoms with E-state index in [2.05, 4.69) is 10.3 Å². The smallest absolute Gasteiger partial charge is 0.251 e. The van der Waals surface area contributed by atoms with Gasteiger partial charge in [-0.15, -0.1) is 11.3 Å². The van der Waals surface area contributed by atoms with Crippen LogP contribution in [0.25, 0.3) is 10.4 Å². The number of aliphatic hydroxyl groups is 2. The molecule has 3 rings (SSSR count). The fraction of sp³-hybridized carbons (Fsp3) is 0.273. The van der Waals surface area contributed by atoms with Gasteiger partial charge in [0.1, 0.15) is 22.5 Å². The molecule has 0 radical (unpaired) electrons. The number of nitrogens with zero attached hydrogens (tertiary/aromatic N) is 1. The van der Waals surface area contributed by atoms with E-state index in [9.17, 15) is 28.2 Å². The van der Waals surface area contributed by atoms with Crippen LogP contribution in [-0.4, -0.2) is 27.7 Å². The van der Waals surface area contributed by atoms with E-state index in [1.54, 1.807) is 6.92 Å². The Morgan fingerprint density at radius 1 is 1.22 bits per heavy atom. The SMILES string of the molecule is CC(CO)c1ccc(Nc2sc(-c3c(F)cc(C(C)(C)O)cc3F)cc2C(N)=O)nc1F. The summed E-state index contributed by atoms with van der Waals surface area (Å²) in [5, 5.41) is 22.1. The average molecular weight is 465 g/mol. The number of aliphatic hydroxyl groups excluding tert-OH is 1. The number of thiophene rings is 1. The molecule has 32 heavy (non-hydrogen) atoms. The number of rotatable bonds is 7. The summed E-state index contributed by atoms with van der Waals surface area (Å²) >= 11 is 0.841. The van der Waals surface area contributed by atoms with E-state index in [1.165, 1.54) is 32.0 Å². The molecule has 0 spiro atoms. The number of pyridine rings is 1. The fourth-order valence-corrected chi connectivity index (χ4v) is 4.17. The number of halogens is 3. The molecule has 10 heteroatoms. The lowest BCUT2D eigenvalue weighted by molar-refractivity contribution is 0.0778. The quantitative estimate of drug-likeness (QED) is 0.387. The van der Waals surface area contributed by atoms with Gasteiger partial charge in [0.15, 0.2) is 0 Å². The Hall–Kier alpha value is -2.95. The molecular weight excluding hydrogens is 443 g/mol. The number of aromatic nitrogens is 1. The highest BCUT2D eigenvalue weighted by molar-refractivity contribution is 7.20. The monoisotopic (exact) mass is 465 g/mol. The Morgan fingerprint density at radius 3 is 2.34 bits per heavy atom. The highest BCUT2D eigenvalue weighted by Gasteiger charge is 2.24. The third-order valence-electron chi connectivity index (χ3n) is 4.92. The van der Waals surface area contributed by atoms with Gasteiger partial charge in [-0.3, -0.25) is 4.79 Å². The number of nitrogens with one attached hydrogen (secondary N) is 1. The molecular formula is C22H22F3N3O3S. The zero-order chi connectivity index (χ0) is 23.8. The standard InChI is InChI=1S/C22H22F3N3O3S/c1-10(9-29)12-4-5-17(27-19(12)25)28-21-13(20(26)30)8-16(32-21)18-14(23)6-11(7-15(18)24)22(2,3)31/h4-8,10,29,31H,9H2,1-3H3,(H2,26,30)(H,27,28). The zero-order valence-electron chi connectivity index (χ0n) is 17.5. The first-order valence-electron chi connectivity index (χ1n) is 9.62. The van der Waals surface area contributed by atoms with Crippen LogP contribution in [0, 0.1) is 17.6 Å². The van der Waals surface area contributed by atoms with Gasteiger partial charge in [-0.1, -0.05) is 13.0 Å². The second kappa shape index (κ2) is 8.89. The van der Waals surface area contributed by atoms with Crippen molar-refractivity contribution >= 4 is 28.1 Å². The number of carbonyl (C=O) groups excluding carboxylic acids is 1. The van der Waals surface area contributed by atoms with Crippen molar-refractivity contribution in [1.29, 1.82) is 0 Å². The summed E-state index contributed by atoms with van der Waals surface area (Å²) in [7, 11) is 0. The second-order valence-corrected chi connectivity index (χ2v) is 8.93. The number of hydrogen-bond acceptors (Lipinski definition) is 6. The molecule has 170 valence electrons. The third-order valence-corrected chi connectivity index (χ3v) is 5.98. The first-order chi connectivity index (χ1) is 14.9. The average Bonchev–Trinajstić information content (AvgIpc) is 3.09. The summed E-state index contributed by atoms with van der Waals surface area (Å²) in [5.74, 6) is -3.90. The maximum atomic E-state index is 14.7. The molecule has 1 amide bonds. The molecule has 0 saturated carbocycles. The highest BCUT2D eigenvalue weighted by atomic mass is 32.1. The van der Waals surface area contributed by atoms with Gasteiger partial charge in [0, 0.05) is 23.0 Å². The number of anilines is 2. The van der Waals surface area contributed by atoms with Crippen LogP contribution in [0.5, 0.6) is 0 Å². The number of benzene rings is 1. The highest BCUT2D eigenvalue weighted by Crippen LogP contribution is 2.40. The maximum absolute atomic E-state index is 14.7. The minimum absolute atomic E-state index is 0.0469. The molecule has 2 aromatic heterocycles. The Balaban J connectivity index is 2.02. The van der Waals surface area contributed by atoms with Gasteiger partial charge < -0.3 is 21.3 Å². The van der Waals surface area contributed by atoms with Crippen LogP contribution < -0.4 is 11.1 Å². The minimum Gasteiger partial charge on any atom is -0.396 e. The molecule has 6 nitrogen and oxygen atoms in total. The Morgan fingerprint density at radius 2 is 1.84 bits per heavy atom. The molecule has 0 aliphatic heterocycles. The molecule has 0 aliphatic carbocycles. The lowest BCUT2D eigenvalue weighted by atomic mass is 9.96. The van der Waals surface area contributed by atoms with E-state index in [1.807, 2.05) is 0 Å². The van der Waals surface area contributed by atoms with Crippen LogP contribution in [0.15, 0.2) is 30.3 Å². The summed E-state index contributed by atoms with van der Waals surface area (Å²) in [6.45, 7) is 4.18. The lowest BCUT2D eigenvalue weighted by Gasteiger charge is -2.18. The van der Waals surface area contributed by atoms with Gasteiger partial charge in [0.2, 0.25) is 5.95 Å². The third kappa shape index (κ3) is 4.77. The van der Waals surface area contributed by atoms with Gasteiger partial charge in [0.05, 0.1) is 16.7 Å². The van der Waals surface area contributed by atoms with Gasteiger partial charge >= 0.3 is 0 Å². The van der Waals surface area contributed by atoms with Crippen molar-refractivity contribution < 1.29 is 28.2 Å². The Bertz CT molecular complexity index is 1150. The van der Waals surface area contributed by atoms with Crippen LogP contribution >= 0.6 is 11.3 Å². The van der Waals surface area contributed by atoms with E-state index in [-0.39, 0.29) is 44.6 Å². The van der Waals surface area contributed by atoms with Crippen LogP contribution in [0.4, 0.5) is 24.0 Å². The van der Waals surface area contributed by atoms with Crippen molar-refractivity contribution in [3.63, 3.8) is 0 Å².